The summed E-state index contributed by atoms with van der Waals surface area (Å²) in [6.07, 6.45) is 2.12. The van der Waals surface area contributed by atoms with Crippen molar-refractivity contribution >= 4 is 11.9 Å². The number of benzene rings is 2. The summed E-state index contributed by atoms with van der Waals surface area (Å²) in [5, 5.41) is 9.94. The molecule has 1 N–H and O–H groups in total. The van der Waals surface area contributed by atoms with Gasteiger partial charge in [-0.25, -0.2) is 4.31 Å². The van der Waals surface area contributed by atoms with Crippen molar-refractivity contribution in [1.29, 1.82) is 0 Å². The first-order chi connectivity index (χ1) is 14.1. The van der Waals surface area contributed by atoms with Gasteiger partial charge in [-0.15, -0.1) is 0 Å². The Morgan fingerprint density at radius 1 is 1.10 bits per heavy atom. The van der Waals surface area contributed by atoms with E-state index in [2.05, 4.69) is 40.6 Å². The molecule has 0 saturated carbocycles. The van der Waals surface area contributed by atoms with Gasteiger partial charge >= 0.3 is 0 Å². The molecule has 2 aromatic rings. The zero-order valence-electron chi connectivity index (χ0n) is 17.1. The molecule has 1 saturated heterocycles. The van der Waals surface area contributed by atoms with Gasteiger partial charge in [0.1, 0.15) is 18.1 Å². The lowest BCUT2D eigenvalue weighted by atomic mass is 9.84. The molecule has 2 heterocycles. The highest BCUT2D eigenvalue weighted by molar-refractivity contribution is 7.96. The van der Waals surface area contributed by atoms with Gasteiger partial charge in [0.2, 0.25) is 0 Å². The van der Waals surface area contributed by atoms with E-state index in [1.54, 1.807) is 18.0 Å². The maximum Gasteiger partial charge on any atom is 0.119 e. The maximum absolute atomic E-state index is 12.5. The van der Waals surface area contributed by atoms with Gasteiger partial charge in [-0.05, 0) is 53.1 Å². The fourth-order valence-corrected chi connectivity index (χ4v) is 5.21. The molecular weight excluding hydrogens is 387 g/mol. The van der Waals surface area contributed by atoms with Gasteiger partial charge < -0.3 is 9.84 Å². The van der Waals surface area contributed by atoms with E-state index in [0.29, 0.717) is 18.3 Å². The monoisotopic (exact) mass is 416 g/mol. The van der Waals surface area contributed by atoms with Crippen LogP contribution in [0.3, 0.4) is 0 Å². The molecule has 0 aromatic heterocycles. The fraction of sp³-hybridized carbons (Fsp3) is 0.478. The Labute approximate surface area is 176 Å². The molecule has 1 fully saturated rings. The molecule has 29 heavy (non-hydrogen) atoms. The molecule has 2 aliphatic rings. The van der Waals surface area contributed by atoms with Crippen LogP contribution in [0.1, 0.15) is 35.6 Å². The Hall–Kier alpha value is -1.76. The number of aromatic hydroxyl groups is 1. The highest BCUT2D eigenvalue weighted by atomic mass is 32.2. The highest BCUT2D eigenvalue weighted by Gasteiger charge is 2.32. The maximum atomic E-state index is 12.5. The summed E-state index contributed by atoms with van der Waals surface area (Å²) >= 11 is 1.76. The van der Waals surface area contributed by atoms with Crippen LogP contribution in [-0.2, 0) is 0 Å². The molecule has 4 rings (SSSR count). The van der Waals surface area contributed by atoms with Crippen LogP contribution >= 0.6 is 11.9 Å². The molecule has 2 aliphatic heterocycles. The summed E-state index contributed by atoms with van der Waals surface area (Å²) in [6.45, 7) is 6.10. The van der Waals surface area contributed by atoms with Crippen molar-refractivity contribution in [1.82, 2.24) is 9.21 Å². The quantitative estimate of drug-likeness (QED) is 0.675. The van der Waals surface area contributed by atoms with E-state index < -0.39 is 0 Å². The Morgan fingerprint density at radius 3 is 2.55 bits per heavy atom. The first-order valence-electron chi connectivity index (χ1n) is 10.2. The van der Waals surface area contributed by atoms with Crippen LogP contribution in [0.4, 0.5) is 4.39 Å². The van der Waals surface area contributed by atoms with Crippen molar-refractivity contribution in [2.75, 3.05) is 45.7 Å². The summed E-state index contributed by atoms with van der Waals surface area (Å²) in [4.78, 5) is 2.23. The van der Waals surface area contributed by atoms with Gasteiger partial charge in [0.15, 0.2) is 0 Å². The molecule has 4 nitrogen and oxygen atoms in total. The molecular formula is C23H29FN2O2S. The Balaban J connectivity index is 1.44. The summed E-state index contributed by atoms with van der Waals surface area (Å²) in [6, 6.07) is 14.2. The van der Waals surface area contributed by atoms with Crippen molar-refractivity contribution in [2.24, 2.45) is 5.92 Å². The van der Waals surface area contributed by atoms with Crippen molar-refractivity contribution < 1.29 is 14.2 Å². The number of hydrogen-bond donors (Lipinski definition) is 1. The molecule has 0 spiro atoms. The van der Waals surface area contributed by atoms with Gasteiger partial charge in [-0.3, -0.25) is 9.29 Å². The zero-order valence-corrected chi connectivity index (χ0v) is 17.9. The van der Waals surface area contributed by atoms with Gasteiger partial charge in [-0.2, -0.15) is 0 Å². The van der Waals surface area contributed by atoms with Crippen LogP contribution in [0.15, 0.2) is 42.5 Å². The molecule has 0 unspecified atom stereocenters. The van der Waals surface area contributed by atoms with Crippen molar-refractivity contribution in [3.05, 3.63) is 59.2 Å². The standard InChI is InChI=1S/C23H29FN2O2S/c1-16-13-26(29-2)23(21-8-5-19(27)11-22(16)21)18-3-6-20(7-4-18)28-10-9-25-14-17(12-24)15-25/h3-8,11,16-17,23,27H,9-10,12-15H2,1-2H3/t16-,23-/m1/s1. The van der Waals surface area contributed by atoms with E-state index >= 15 is 0 Å². The molecule has 2 aromatic carbocycles. The molecule has 156 valence electrons. The smallest absolute Gasteiger partial charge is 0.119 e. The molecule has 0 aliphatic carbocycles. The average molecular weight is 417 g/mol. The predicted molar refractivity (Wildman–Crippen MR) is 116 cm³/mol. The van der Waals surface area contributed by atoms with Crippen LogP contribution in [-0.4, -0.2) is 60.0 Å². The number of ether oxygens (including phenoxy) is 1. The Bertz CT molecular complexity index is 826. The number of phenolic OH excluding ortho intramolecular Hbond substituents is 1. The normalized spacial score (nSPS) is 22.9. The number of alkyl halides is 1. The lowest BCUT2D eigenvalue weighted by Crippen LogP contribution is -2.49. The van der Waals surface area contributed by atoms with Gasteiger partial charge in [-0.1, -0.05) is 37.1 Å². The number of halogens is 1. The van der Waals surface area contributed by atoms with Crippen molar-refractivity contribution in [3.8, 4) is 11.5 Å². The van der Waals surface area contributed by atoms with Gasteiger partial charge in [0.25, 0.3) is 0 Å². The number of likely N-dealkylation sites (tertiary alicyclic amines) is 1. The highest BCUT2D eigenvalue weighted by Crippen LogP contribution is 2.43. The number of phenols is 1. The number of hydrogen-bond acceptors (Lipinski definition) is 5. The van der Waals surface area contributed by atoms with E-state index in [1.165, 1.54) is 16.7 Å². The van der Waals surface area contributed by atoms with E-state index in [4.69, 9.17) is 4.74 Å². The fourth-order valence-electron chi connectivity index (χ4n) is 4.39. The number of rotatable bonds is 7. The summed E-state index contributed by atoms with van der Waals surface area (Å²) in [5.41, 5.74) is 3.70. The van der Waals surface area contributed by atoms with Crippen LogP contribution < -0.4 is 4.74 Å². The van der Waals surface area contributed by atoms with Crippen LogP contribution in [0.2, 0.25) is 0 Å². The molecule has 6 heteroatoms. The van der Waals surface area contributed by atoms with Gasteiger partial charge in [0.05, 0.1) is 12.7 Å². The third kappa shape index (κ3) is 4.39. The molecule has 0 amide bonds. The minimum atomic E-state index is -0.214. The number of fused-ring (bicyclic) bond motifs is 1. The van der Waals surface area contributed by atoms with E-state index in [1.807, 2.05) is 18.2 Å². The third-order valence-corrected chi connectivity index (χ3v) is 6.82. The first kappa shape index (κ1) is 20.5. The van der Waals surface area contributed by atoms with E-state index in [0.717, 1.165) is 31.9 Å². The molecule has 0 bridgehead atoms. The summed E-state index contributed by atoms with van der Waals surface area (Å²) < 4.78 is 20.8. The summed E-state index contributed by atoms with van der Waals surface area (Å²) in [5.74, 6) is 1.79. The SMILES string of the molecule is CSN1C[C@@H](C)c2cc(O)ccc2[C@H]1c1ccc(OCCN2CC(CF)C2)cc1. The second-order valence-corrected chi connectivity index (χ2v) is 8.93. The second kappa shape index (κ2) is 8.94. The third-order valence-electron chi connectivity index (χ3n) is 6.00. The number of nitrogens with zero attached hydrogens (tertiary/aromatic N) is 2. The zero-order chi connectivity index (χ0) is 20.4. The molecule has 0 radical (unpaired) electrons. The van der Waals surface area contributed by atoms with Crippen LogP contribution in [0.25, 0.3) is 0 Å². The van der Waals surface area contributed by atoms with Crippen LogP contribution in [0.5, 0.6) is 11.5 Å². The Kier molecular flexibility index (Phi) is 6.32. The van der Waals surface area contributed by atoms with Crippen molar-refractivity contribution in [3.63, 3.8) is 0 Å². The minimum Gasteiger partial charge on any atom is -0.508 e. The van der Waals surface area contributed by atoms with Gasteiger partial charge in [0, 0.05) is 32.1 Å². The first-order valence-corrected chi connectivity index (χ1v) is 11.4. The molecule has 2 atom stereocenters. The lowest BCUT2D eigenvalue weighted by molar-refractivity contribution is 0.0668. The summed E-state index contributed by atoms with van der Waals surface area (Å²) in [7, 11) is 0. The largest absolute Gasteiger partial charge is 0.508 e. The second-order valence-electron chi connectivity index (χ2n) is 8.10. The minimum absolute atomic E-state index is 0.157. The average Bonchev–Trinajstić information content (AvgIpc) is 2.70. The Morgan fingerprint density at radius 2 is 1.86 bits per heavy atom. The van der Waals surface area contributed by atoms with Crippen molar-refractivity contribution in [2.45, 2.75) is 18.9 Å². The predicted octanol–water partition coefficient (Wildman–Crippen LogP) is 4.46. The van der Waals surface area contributed by atoms with Crippen LogP contribution in [0, 0.1) is 5.92 Å². The lowest BCUT2D eigenvalue weighted by Gasteiger charge is -2.39. The topological polar surface area (TPSA) is 35.9 Å². The van der Waals surface area contributed by atoms with E-state index in [-0.39, 0.29) is 18.6 Å². The van der Waals surface area contributed by atoms with E-state index in [9.17, 15) is 9.50 Å².